The van der Waals surface area contributed by atoms with Gasteiger partial charge in [-0.15, -0.1) is 0 Å². The minimum Gasteiger partial charge on any atom is -0.312 e. The van der Waals surface area contributed by atoms with Gasteiger partial charge in [0.15, 0.2) is 0 Å². The summed E-state index contributed by atoms with van der Waals surface area (Å²) >= 11 is 0. The third-order valence-corrected chi connectivity index (χ3v) is 2.29. The Morgan fingerprint density at radius 2 is 2.14 bits per heavy atom. The first kappa shape index (κ1) is 8.94. The number of hydrogen-bond acceptors (Lipinski definition) is 2. The normalized spacial score (nSPS) is 11.1. The zero-order valence-corrected chi connectivity index (χ0v) is 8.27. The molecule has 0 aliphatic carbocycles. The summed E-state index contributed by atoms with van der Waals surface area (Å²) in [6, 6.07) is 3.98. The fourth-order valence-corrected chi connectivity index (χ4v) is 1.50. The zero-order chi connectivity index (χ0) is 10.1. The van der Waals surface area contributed by atoms with Crippen molar-refractivity contribution in [2.75, 3.05) is 0 Å². The van der Waals surface area contributed by atoms with Crippen LogP contribution in [0.1, 0.15) is 19.9 Å². The second-order valence-electron chi connectivity index (χ2n) is 3.58. The molecule has 0 aliphatic rings. The highest BCUT2D eigenvalue weighted by molar-refractivity contribution is 5.80. The Bertz CT molecular complexity index is 514. The lowest BCUT2D eigenvalue weighted by atomic mass is 10.2. The van der Waals surface area contributed by atoms with Gasteiger partial charge in [0.25, 0.3) is 5.56 Å². The molecule has 2 heterocycles. The van der Waals surface area contributed by atoms with E-state index in [1.165, 1.54) is 0 Å². The zero-order valence-electron chi connectivity index (χ0n) is 8.27. The second kappa shape index (κ2) is 3.25. The van der Waals surface area contributed by atoms with E-state index in [-0.39, 0.29) is 11.6 Å². The van der Waals surface area contributed by atoms with Crippen molar-refractivity contribution in [1.29, 1.82) is 0 Å². The Labute approximate surface area is 82.0 Å². The summed E-state index contributed by atoms with van der Waals surface area (Å²) in [6.07, 6.45) is 5.15. The molecule has 0 radical (unpaired) electrons. The van der Waals surface area contributed by atoms with Crippen molar-refractivity contribution >= 4 is 10.8 Å². The average Bonchev–Trinajstić information content (AvgIpc) is 2.18. The van der Waals surface area contributed by atoms with E-state index in [4.69, 9.17) is 0 Å². The van der Waals surface area contributed by atoms with Crippen molar-refractivity contribution in [3.8, 4) is 0 Å². The van der Waals surface area contributed by atoms with Crippen LogP contribution >= 0.6 is 0 Å². The van der Waals surface area contributed by atoms with Crippen LogP contribution in [0.4, 0.5) is 0 Å². The molecule has 0 aliphatic heterocycles. The van der Waals surface area contributed by atoms with E-state index in [9.17, 15) is 4.79 Å². The van der Waals surface area contributed by atoms with Crippen LogP contribution in [0.25, 0.3) is 10.8 Å². The van der Waals surface area contributed by atoms with E-state index in [1.807, 2.05) is 32.2 Å². The van der Waals surface area contributed by atoms with Crippen molar-refractivity contribution < 1.29 is 0 Å². The monoisotopic (exact) mass is 188 g/mol. The first-order valence-corrected chi connectivity index (χ1v) is 4.65. The van der Waals surface area contributed by atoms with Crippen LogP contribution in [0.5, 0.6) is 0 Å². The van der Waals surface area contributed by atoms with Crippen LogP contribution in [0.2, 0.25) is 0 Å². The van der Waals surface area contributed by atoms with Gasteiger partial charge in [0.2, 0.25) is 0 Å². The molecule has 72 valence electrons. The largest absolute Gasteiger partial charge is 0.312 e. The predicted octanol–water partition coefficient (Wildman–Crippen LogP) is 1.98. The minimum atomic E-state index is 0.0330. The molecule has 0 N–H and O–H groups in total. The third-order valence-electron chi connectivity index (χ3n) is 2.29. The number of rotatable bonds is 1. The minimum absolute atomic E-state index is 0.0330. The maximum absolute atomic E-state index is 11.9. The standard InChI is InChI=1S/C11H12N2O/c1-8(2)13-6-4-9-3-5-12-7-10(9)11(13)14/h3-8H,1-2H3. The van der Waals surface area contributed by atoms with Gasteiger partial charge in [-0.05, 0) is 31.4 Å². The van der Waals surface area contributed by atoms with Crippen LogP contribution in [-0.4, -0.2) is 9.55 Å². The Morgan fingerprint density at radius 1 is 1.36 bits per heavy atom. The summed E-state index contributed by atoms with van der Waals surface area (Å²) in [5.41, 5.74) is 0.0330. The molecule has 2 aromatic rings. The van der Waals surface area contributed by atoms with E-state index < -0.39 is 0 Å². The first-order valence-electron chi connectivity index (χ1n) is 4.65. The van der Waals surface area contributed by atoms with E-state index in [0.717, 1.165) is 5.39 Å². The van der Waals surface area contributed by atoms with Gasteiger partial charge in [-0.2, -0.15) is 0 Å². The van der Waals surface area contributed by atoms with Crippen molar-refractivity contribution in [2.45, 2.75) is 19.9 Å². The van der Waals surface area contributed by atoms with Gasteiger partial charge < -0.3 is 4.57 Å². The maximum Gasteiger partial charge on any atom is 0.260 e. The van der Waals surface area contributed by atoms with Crippen molar-refractivity contribution in [3.05, 3.63) is 41.1 Å². The lowest BCUT2D eigenvalue weighted by molar-refractivity contribution is 0.582. The van der Waals surface area contributed by atoms with E-state index >= 15 is 0 Å². The molecule has 0 unspecified atom stereocenters. The molecular formula is C11H12N2O. The number of nitrogens with zero attached hydrogens (tertiary/aromatic N) is 2. The summed E-state index contributed by atoms with van der Waals surface area (Å²) in [5, 5.41) is 1.63. The highest BCUT2D eigenvalue weighted by Crippen LogP contribution is 2.08. The van der Waals surface area contributed by atoms with E-state index in [0.29, 0.717) is 5.39 Å². The first-order chi connectivity index (χ1) is 6.70. The molecule has 0 amide bonds. The molecule has 3 nitrogen and oxygen atoms in total. The molecule has 0 saturated heterocycles. The van der Waals surface area contributed by atoms with E-state index in [1.54, 1.807) is 17.0 Å². The number of aromatic nitrogens is 2. The van der Waals surface area contributed by atoms with Crippen LogP contribution in [0.15, 0.2) is 35.5 Å². The smallest absolute Gasteiger partial charge is 0.260 e. The number of hydrogen-bond donors (Lipinski definition) is 0. The SMILES string of the molecule is CC(C)n1ccc2ccncc2c1=O. The highest BCUT2D eigenvalue weighted by atomic mass is 16.1. The second-order valence-corrected chi connectivity index (χ2v) is 3.58. The average molecular weight is 188 g/mol. The summed E-state index contributed by atoms with van der Waals surface area (Å²) < 4.78 is 1.71. The molecular weight excluding hydrogens is 176 g/mol. The van der Waals surface area contributed by atoms with E-state index in [2.05, 4.69) is 4.98 Å². The van der Waals surface area contributed by atoms with Crippen molar-refractivity contribution in [1.82, 2.24) is 9.55 Å². The predicted molar refractivity (Wildman–Crippen MR) is 56.4 cm³/mol. The molecule has 0 fully saturated rings. The molecule has 0 spiro atoms. The topological polar surface area (TPSA) is 34.9 Å². The highest BCUT2D eigenvalue weighted by Gasteiger charge is 2.04. The Kier molecular flexibility index (Phi) is 2.08. The fourth-order valence-electron chi connectivity index (χ4n) is 1.50. The van der Waals surface area contributed by atoms with Gasteiger partial charge in [-0.1, -0.05) is 0 Å². The molecule has 2 aromatic heterocycles. The molecule has 0 aromatic carbocycles. The van der Waals surface area contributed by atoms with Gasteiger partial charge in [-0.25, -0.2) is 0 Å². The van der Waals surface area contributed by atoms with Crippen LogP contribution < -0.4 is 5.56 Å². The summed E-state index contributed by atoms with van der Waals surface area (Å²) in [7, 11) is 0. The summed E-state index contributed by atoms with van der Waals surface area (Å²) in [6.45, 7) is 3.98. The Hall–Kier alpha value is -1.64. The number of pyridine rings is 2. The van der Waals surface area contributed by atoms with Crippen molar-refractivity contribution in [3.63, 3.8) is 0 Å². The maximum atomic E-state index is 11.9. The summed E-state index contributed by atoms with van der Waals surface area (Å²) in [4.78, 5) is 15.9. The Balaban J connectivity index is 2.82. The van der Waals surface area contributed by atoms with Gasteiger partial charge in [0.1, 0.15) is 0 Å². The third kappa shape index (κ3) is 1.31. The molecule has 0 saturated carbocycles. The quantitative estimate of drug-likeness (QED) is 0.685. The van der Waals surface area contributed by atoms with Gasteiger partial charge in [-0.3, -0.25) is 9.78 Å². The fraction of sp³-hybridized carbons (Fsp3) is 0.273. The van der Waals surface area contributed by atoms with Gasteiger partial charge in [0.05, 0.1) is 5.39 Å². The molecule has 0 atom stereocenters. The lowest BCUT2D eigenvalue weighted by Crippen LogP contribution is -2.21. The molecule has 3 heteroatoms. The van der Waals surface area contributed by atoms with Gasteiger partial charge in [0, 0.05) is 24.6 Å². The Morgan fingerprint density at radius 3 is 2.86 bits per heavy atom. The van der Waals surface area contributed by atoms with Crippen LogP contribution in [0.3, 0.4) is 0 Å². The molecule has 0 bridgehead atoms. The molecule has 2 rings (SSSR count). The molecule has 14 heavy (non-hydrogen) atoms. The van der Waals surface area contributed by atoms with Crippen LogP contribution in [-0.2, 0) is 0 Å². The van der Waals surface area contributed by atoms with Crippen LogP contribution in [0, 0.1) is 0 Å². The van der Waals surface area contributed by atoms with Crippen molar-refractivity contribution in [2.24, 2.45) is 0 Å². The van der Waals surface area contributed by atoms with Gasteiger partial charge >= 0.3 is 0 Å². The summed E-state index contributed by atoms with van der Waals surface area (Å²) in [5.74, 6) is 0. The lowest BCUT2D eigenvalue weighted by Gasteiger charge is -2.09. The number of fused-ring (bicyclic) bond motifs is 1.